The molecule has 23 heavy (non-hydrogen) atoms. The number of rotatable bonds is 3. The minimum atomic E-state index is -1.04. The minimum absolute atomic E-state index is 0.129. The number of aromatic amines is 1. The maximum Gasteiger partial charge on any atom is 0.335 e. The summed E-state index contributed by atoms with van der Waals surface area (Å²) in [6.45, 7) is 0. The second-order valence-corrected chi connectivity index (χ2v) is 4.93. The number of hydrogen-bond acceptors (Lipinski definition) is 3. The van der Waals surface area contributed by atoms with Crippen LogP contribution in [0.4, 0.5) is 5.69 Å². The topological polar surface area (TPSA) is 99.3 Å². The van der Waals surface area contributed by atoms with Crippen molar-refractivity contribution in [2.75, 3.05) is 5.32 Å². The molecule has 2 aromatic carbocycles. The zero-order valence-corrected chi connectivity index (χ0v) is 11.9. The Bertz CT molecular complexity index is 958. The molecule has 0 atom stereocenters. The van der Waals surface area contributed by atoms with Crippen molar-refractivity contribution in [2.45, 2.75) is 0 Å². The van der Waals surface area contributed by atoms with Crippen molar-refractivity contribution in [3.8, 4) is 0 Å². The number of nitrogens with one attached hydrogen (secondary N) is 2. The molecular formula is C17H12N2O4. The molecule has 0 fully saturated rings. The molecule has 0 aliphatic carbocycles. The molecule has 1 aromatic heterocycles. The first-order valence-electron chi connectivity index (χ1n) is 6.81. The van der Waals surface area contributed by atoms with E-state index in [0.717, 1.165) is 0 Å². The summed E-state index contributed by atoms with van der Waals surface area (Å²) in [4.78, 5) is 37.6. The molecule has 0 spiro atoms. The monoisotopic (exact) mass is 308 g/mol. The predicted octanol–water partition coefficient (Wildman–Crippen LogP) is 2.48. The van der Waals surface area contributed by atoms with E-state index in [1.54, 1.807) is 24.3 Å². The van der Waals surface area contributed by atoms with Crippen molar-refractivity contribution in [2.24, 2.45) is 0 Å². The quantitative estimate of drug-likeness (QED) is 0.692. The van der Waals surface area contributed by atoms with Crippen molar-refractivity contribution < 1.29 is 14.7 Å². The van der Waals surface area contributed by atoms with E-state index in [9.17, 15) is 14.4 Å². The molecule has 3 aromatic rings. The lowest BCUT2D eigenvalue weighted by atomic mass is 10.1. The van der Waals surface area contributed by atoms with Gasteiger partial charge < -0.3 is 15.4 Å². The van der Waals surface area contributed by atoms with Gasteiger partial charge in [0.1, 0.15) is 0 Å². The number of pyridine rings is 1. The SMILES string of the molecule is O=C(O)c1ccc(NC(=O)c2cc(=O)[nH]c3ccccc23)cc1. The van der Waals surface area contributed by atoms with Crippen molar-refractivity contribution in [3.05, 3.63) is 76.1 Å². The number of carboxylic acid groups (broad SMARTS) is 1. The highest BCUT2D eigenvalue weighted by Crippen LogP contribution is 2.17. The molecule has 3 rings (SSSR count). The molecule has 0 saturated heterocycles. The number of hydrogen-bond donors (Lipinski definition) is 3. The van der Waals surface area contributed by atoms with Gasteiger partial charge >= 0.3 is 5.97 Å². The number of fused-ring (bicyclic) bond motifs is 1. The van der Waals surface area contributed by atoms with Crippen molar-refractivity contribution in [3.63, 3.8) is 0 Å². The van der Waals surface area contributed by atoms with E-state index in [1.165, 1.54) is 30.3 Å². The maximum atomic E-state index is 12.4. The summed E-state index contributed by atoms with van der Waals surface area (Å²) in [7, 11) is 0. The molecule has 3 N–H and O–H groups in total. The van der Waals surface area contributed by atoms with Crippen molar-refractivity contribution in [1.29, 1.82) is 0 Å². The second-order valence-electron chi connectivity index (χ2n) is 4.93. The van der Waals surface area contributed by atoms with E-state index in [2.05, 4.69) is 10.3 Å². The van der Waals surface area contributed by atoms with Gasteiger partial charge in [0.05, 0.1) is 11.1 Å². The summed E-state index contributed by atoms with van der Waals surface area (Å²) < 4.78 is 0. The van der Waals surface area contributed by atoms with Gasteiger partial charge in [0.25, 0.3) is 5.91 Å². The molecule has 0 saturated carbocycles. The minimum Gasteiger partial charge on any atom is -0.478 e. The maximum absolute atomic E-state index is 12.4. The summed E-state index contributed by atoms with van der Waals surface area (Å²) in [5, 5.41) is 12.1. The highest BCUT2D eigenvalue weighted by Gasteiger charge is 2.12. The van der Waals surface area contributed by atoms with Crippen LogP contribution in [0.5, 0.6) is 0 Å². The Hall–Kier alpha value is -3.41. The second kappa shape index (κ2) is 5.76. The van der Waals surface area contributed by atoms with Gasteiger partial charge in [-0.05, 0) is 30.3 Å². The zero-order chi connectivity index (χ0) is 16.4. The van der Waals surface area contributed by atoms with Gasteiger partial charge in [-0.15, -0.1) is 0 Å². The number of aromatic carboxylic acids is 1. The lowest BCUT2D eigenvalue weighted by Gasteiger charge is -2.08. The van der Waals surface area contributed by atoms with Crippen LogP contribution < -0.4 is 10.9 Å². The number of carboxylic acids is 1. The molecule has 6 nitrogen and oxygen atoms in total. The van der Waals surface area contributed by atoms with Crippen LogP contribution in [0.2, 0.25) is 0 Å². The summed E-state index contributed by atoms with van der Waals surface area (Å²) >= 11 is 0. The summed E-state index contributed by atoms with van der Waals surface area (Å²) in [5.41, 5.74) is 1.04. The molecule has 0 unspecified atom stereocenters. The largest absolute Gasteiger partial charge is 0.478 e. The predicted molar refractivity (Wildman–Crippen MR) is 85.9 cm³/mol. The Kier molecular flexibility index (Phi) is 3.64. The lowest BCUT2D eigenvalue weighted by Crippen LogP contribution is -2.16. The third-order valence-corrected chi connectivity index (χ3v) is 3.38. The number of amides is 1. The summed E-state index contributed by atoms with van der Waals surface area (Å²) in [6, 6.07) is 14.0. The number of anilines is 1. The van der Waals surface area contributed by atoms with Gasteiger partial charge in [-0.2, -0.15) is 0 Å². The van der Waals surface area contributed by atoms with E-state index in [4.69, 9.17) is 5.11 Å². The molecule has 0 aliphatic rings. The van der Waals surface area contributed by atoms with E-state index in [1.807, 2.05) is 0 Å². The first-order chi connectivity index (χ1) is 11.0. The molecule has 6 heteroatoms. The highest BCUT2D eigenvalue weighted by molar-refractivity contribution is 6.12. The molecule has 0 bridgehead atoms. The Labute approximate surface area is 130 Å². The molecule has 114 valence electrons. The van der Waals surface area contributed by atoms with Crippen molar-refractivity contribution >= 4 is 28.5 Å². The van der Waals surface area contributed by atoms with Crippen molar-refractivity contribution in [1.82, 2.24) is 4.98 Å². The third kappa shape index (κ3) is 2.96. The van der Waals surface area contributed by atoms with Gasteiger partial charge in [0.2, 0.25) is 5.56 Å². The third-order valence-electron chi connectivity index (χ3n) is 3.38. The molecule has 0 radical (unpaired) electrons. The summed E-state index contributed by atoms with van der Waals surface area (Å²) in [6.07, 6.45) is 0. The fraction of sp³-hybridized carbons (Fsp3) is 0. The fourth-order valence-electron chi connectivity index (χ4n) is 2.29. The highest BCUT2D eigenvalue weighted by atomic mass is 16.4. The van der Waals surface area contributed by atoms with E-state index in [-0.39, 0.29) is 16.7 Å². The number of aromatic nitrogens is 1. The molecule has 1 heterocycles. The molecular weight excluding hydrogens is 296 g/mol. The van der Waals surface area contributed by atoms with Gasteiger partial charge in [0, 0.05) is 22.7 Å². The molecule has 1 amide bonds. The van der Waals surface area contributed by atoms with Crippen LogP contribution in [0, 0.1) is 0 Å². The number of para-hydroxylation sites is 1. The Balaban J connectivity index is 1.94. The van der Waals surface area contributed by atoms with Gasteiger partial charge in [-0.3, -0.25) is 9.59 Å². The summed E-state index contributed by atoms with van der Waals surface area (Å²) in [5.74, 6) is -1.47. The van der Waals surface area contributed by atoms with Crippen LogP contribution in [0.3, 0.4) is 0 Å². The number of carbonyl (C=O) groups excluding carboxylic acids is 1. The average molecular weight is 308 g/mol. The van der Waals surface area contributed by atoms with Gasteiger partial charge in [0.15, 0.2) is 0 Å². The standard InChI is InChI=1S/C17H12N2O4/c20-15-9-13(12-3-1-2-4-14(12)19-15)16(21)18-11-7-5-10(6-8-11)17(22)23/h1-9H,(H,18,21)(H,19,20)(H,22,23). The van der Waals surface area contributed by atoms with Crippen LogP contribution in [-0.4, -0.2) is 22.0 Å². The zero-order valence-electron chi connectivity index (χ0n) is 11.9. The molecule has 0 aliphatic heterocycles. The first-order valence-corrected chi connectivity index (χ1v) is 6.81. The first kappa shape index (κ1) is 14.5. The van der Waals surface area contributed by atoms with Crippen LogP contribution >= 0.6 is 0 Å². The Morgan fingerprint density at radius 3 is 2.39 bits per heavy atom. The normalized spacial score (nSPS) is 10.4. The van der Waals surface area contributed by atoms with Crippen LogP contribution in [0.1, 0.15) is 20.7 Å². The van der Waals surface area contributed by atoms with E-state index in [0.29, 0.717) is 16.6 Å². The van der Waals surface area contributed by atoms with Gasteiger partial charge in [-0.25, -0.2) is 4.79 Å². The van der Waals surface area contributed by atoms with E-state index >= 15 is 0 Å². The number of carbonyl (C=O) groups is 2. The Morgan fingerprint density at radius 2 is 1.70 bits per heavy atom. The van der Waals surface area contributed by atoms with E-state index < -0.39 is 11.9 Å². The number of H-pyrrole nitrogens is 1. The average Bonchev–Trinajstić information content (AvgIpc) is 2.54. The Morgan fingerprint density at radius 1 is 1.00 bits per heavy atom. The lowest BCUT2D eigenvalue weighted by molar-refractivity contribution is 0.0696. The number of benzene rings is 2. The van der Waals surface area contributed by atoms with Crippen LogP contribution in [0.25, 0.3) is 10.9 Å². The van der Waals surface area contributed by atoms with Crippen LogP contribution in [-0.2, 0) is 0 Å². The fourth-order valence-corrected chi connectivity index (χ4v) is 2.29. The van der Waals surface area contributed by atoms with Gasteiger partial charge in [-0.1, -0.05) is 18.2 Å². The smallest absolute Gasteiger partial charge is 0.335 e. The van der Waals surface area contributed by atoms with Crippen LogP contribution in [0.15, 0.2) is 59.4 Å².